The van der Waals surface area contributed by atoms with E-state index in [0.29, 0.717) is 12.2 Å². The molecule has 6 heteroatoms. The summed E-state index contributed by atoms with van der Waals surface area (Å²) in [6.07, 6.45) is 2.53. The smallest absolute Gasteiger partial charge is 0.269 e. The Labute approximate surface area is 149 Å². The summed E-state index contributed by atoms with van der Waals surface area (Å²) < 4.78 is 5.16. The topological polar surface area (TPSA) is 66.5 Å². The number of carbonyl (C=O) groups is 1. The summed E-state index contributed by atoms with van der Waals surface area (Å²) in [6.45, 7) is 2.17. The van der Waals surface area contributed by atoms with Gasteiger partial charge in [-0.05, 0) is 50.3 Å². The van der Waals surface area contributed by atoms with Gasteiger partial charge in [0.15, 0.2) is 0 Å². The van der Waals surface area contributed by atoms with E-state index >= 15 is 0 Å². The van der Waals surface area contributed by atoms with Gasteiger partial charge in [0.2, 0.25) is 0 Å². The number of nitrogens with one attached hydrogen (secondary N) is 2. The summed E-state index contributed by atoms with van der Waals surface area (Å²) in [6, 6.07) is 11.7. The van der Waals surface area contributed by atoms with Crippen LogP contribution in [-0.4, -0.2) is 56.6 Å². The zero-order valence-corrected chi connectivity index (χ0v) is 15.1. The van der Waals surface area contributed by atoms with E-state index in [4.69, 9.17) is 4.74 Å². The highest BCUT2D eigenvalue weighted by molar-refractivity contribution is 5.93. The van der Waals surface area contributed by atoms with Crippen molar-refractivity contribution < 1.29 is 9.53 Å². The first-order valence-electron chi connectivity index (χ1n) is 8.34. The van der Waals surface area contributed by atoms with Crippen molar-refractivity contribution >= 4 is 11.6 Å². The minimum Gasteiger partial charge on any atom is -0.497 e. The number of aromatic nitrogens is 1. The maximum absolute atomic E-state index is 12.1. The largest absolute Gasteiger partial charge is 0.497 e. The van der Waals surface area contributed by atoms with Crippen LogP contribution >= 0.6 is 0 Å². The van der Waals surface area contributed by atoms with Crippen LogP contribution in [0.25, 0.3) is 0 Å². The second kappa shape index (κ2) is 9.64. The fraction of sp³-hybridized carbons (Fsp3) is 0.368. The number of rotatable bonds is 9. The molecule has 0 fully saturated rings. The van der Waals surface area contributed by atoms with Gasteiger partial charge >= 0.3 is 0 Å². The van der Waals surface area contributed by atoms with Gasteiger partial charge in [0.05, 0.1) is 7.11 Å². The van der Waals surface area contributed by atoms with Crippen molar-refractivity contribution in [2.45, 2.75) is 6.42 Å². The van der Waals surface area contributed by atoms with Crippen LogP contribution in [0.5, 0.6) is 5.75 Å². The van der Waals surface area contributed by atoms with Crippen molar-refractivity contribution in [3.05, 3.63) is 53.9 Å². The molecule has 1 amide bonds. The average Bonchev–Trinajstić information content (AvgIpc) is 2.62. The first-order chi connectivity index (χ1) is 12.1. The van der Waals surface area contributed by atoms with Crippen molar-refractivity contribution in [3.63, 3.8) is 0 Å². The Hall–Kier alpha value is -2.60. The van der Waals surface area contributed by atoms with Crippen LogP contribution < -0.4 is 15.4 Å². The predicted octanol–water partition coefficient (Wildman–Crippen LogP) is 2.04. The molecule has 25 heavy (non-hydrogen) atoms. The molecule has 2 N–H and O–H groups in total. The van der Waals surface area contributed by atoms with Gasteiger partial charge in [-0.1, -0.05) is 12.1 Å². The maximum Gasteiger partial charge on any atom is 0.269 e. The lowest BCUT2D eigenvalue weighted by molar-refractivity contribution is 0.0946. The summed E-state index contributed by atoms with van der Waals surface area (Å²) in [5, 5.41) is 6.20. The maximum atomic E-state index is 12.1. The minimum absolute atomic E-state index is 0.152. The van der Waals surface area contributed by atoms with Gasteiger partial charge in [-0.15, -0.1) is 0 Å². The highest BCUT2D eigenvalue weighted by Gasteiger charge is 2.07. The number of hydrogen-bond acceptors (Lipinski definition) is 5. The van der Waals surface area contributed by atoms with E-state index in [2.05, 4.69) is 27.8 Å². The minimum atomic E-state index is -0.152. The lowest BCUT2D eigenvalue weighted by Crippen LogP contribution is -2.31. The lowest BCUT2D eigenvalue weighted by Gasteiger charge is -2.11. The van der Waals surface area contributed by atoms with E-state index in [1.54, 1.807) is 19.4 Å². The van der Waals surface area contributed by atoms with E-state index in [9.17, 15) is 4.79 Å². The summed E-state index contributed by atoms with van der Waals surface area (Å²) >= 11 is 0. The van der Waals surface area contributed by atoms with Crippen molar-refractivity contribution in [1.29, 1.82) is 0 Å². The van der Waals surface area contributed by atoms with Crippen LogP contribution in [0.3, 0.4) is 0 Å². The highest BCUT2D eigenvalue weighted by atomic mass is 16.5. The highest BCUT2D eigenvalue weighted by Crippen LogP contribution is 2.12. The van der Waals surface area contributed by atoms with E-state index < -0.39 is 0 Å². The molecule has 0 atom stereocenters. The Balaban J connectivity index is 1.82. The fourth-order valence-corrected chi connectivity index (χ4v) is 2.29. The molecule has 0 spiro atoms. The summed E-state index contributed by atoms with van der Waals surface area (Å²) in [5.41, 5.74) is 2.54. The Morgan fingerprint density at radius 3 is 2.60 bits per heavy atom. The Kier molecular flexibility index (Phi) is 7.22. The van der Waals surface area contributed by atoms with E-state index in [-0.39, 0.29) is 5.91 Å². The van der Waals surface area contributed by atoms with Gasteiger partial charge in [-0.3, -0.25) is 9.78 Å². The lowest BCUT2D eigenvalue weighted by atomic mass is 10.1. The third-order valence-electron chi connectivity index (χ3n) is 3.74. The molecule has 1 aromatic carbocycles. The standard InChI is InChI=1S/C19H26N4O2/c1-23(2)13-12-22-19(24)18-14-16(9-11-21-18)20-10-8-15-4-6-17(25-3)7-5-15/h4-7,9,11,14H,8,10,12-13H2,1-3H3,(H,20,21)(H,22,24). The molecule has 2 rings (SSSR count). The normalized spacial score (nSPS) is 10.6. The molecule has 2 aromatic rings. The molecule has 0 radical (unpaired) electrons. The van der Waals surface area contributed by atoms with Crippen LogP contribution in [0.2, 0.25) is 0 Å². The van der Waals surface area contributed by atoms with Crippen molar-refractivity contribution in [3.8, 4) is 5.75 Å². The number of likely N-dealkylation sites (N-methyl/N-ethyl adjacent to an activating group) is 1. The molecule has 0 aliphatic rings. The molecule has 0 saturated heterocycles. The fourth-order valence-electron chi connectivity index (χ4n) is 2.29. The Bertz CT molecular complexity index is 671. The van der Waals surface area contributed by atoms with Crippen molar-refractivity contribution in [2.75, 3.05) is 46.2 Å². The van der Waals surface area contributed by atoms with Crippen LogP contribution in [0.15, 0.2) is 42.6 Å². The number of pyridine rings is 1. The molecule has 0 bridgehead atoms. The number of ether oxygens (including phenoxy) is 1. The van der Waals surface area contributed by atoms with Crippen LogP contribution in [0.4, 0.5) is 5.69 Å². The Morgan fingerprint density at radius 1 is 1.16 bits per heavy atom. The van der Waals surface area contributed by atoms with Crippen LogP contribution in [0, 0.1) is 0 Å². The van der Waals surface area contributed by atoms with Gasteiger partial charge in [-0.2, -0.15) is 0 Å². The number of carbonyl (C=O) groups excluding carboxylic acids is 1. The van der Waals surface area contributed by atoms with E-state index in [0.717, 1.165) is 30.9 Å². The molecule has 6 nitrogen and oxygen atoms in total. The molecule has 0 unspecified atom stereocenters. The van der Waals surface area contributed by atoms with Gasteiger partial charge in [0, 0.05) is 31.5 Å². The molecular weight excluding hydrogens is 316 g/mol. The van der Waals surface area contributed by atoms with Crippen molar-refractivity contribution in [2.24, 2.45) is 0 Å². The second-order valence-electron chi connectivity index (χ2n) is 6.01. The molecular formula is C19H26N4O2. The average molecular weight is 342 g/mol. The summed E-state index contributed by atoms with van der Waals surface area (Å²) in [5.74, 6) is 0.705. The number of methoxy groups -OCH3 is 1. The first kappa shape index (κ1) is 18.7. The molecule has 0 aliphatic heterocycles. The number of hydrogen-bond donors (Lipinski definition) is 2. The third kappa shape index (κ3) is 6.43. The monoisotopic (exact) mass is 342 g/mol. The van der Waals surface area contributed by atoms with Gasteiger partial charge in [0.25, 0.3) is 5.91 Å². The Morgan fingerprint density at radius 2 is 1.92 bits per heavy atom. The van der Waals surface area contributed by atoms with Gasteiger partial charge < -0.3 is 20.3 Å². The number of amides is 1. The number of benzene rings is 1. The first-order valence-corrected chi connectivity index (χ1v) is 8.34. The third-order valence-corrected chi connectivity index (χ3v) is 3.74. The second-order valence-corrected chi connectivity index (χ2v) is 6.01. The molecule has 0 aliphatic carbocycles. The van der Waals surface area contributed by atoms with Gasteiger partial charge in [0.1, 0.15) is 11.4 Å². The van der Waals surface area contributed by atoms with Crippen molar-refractivity contribution in [1.82, 2.24) is 15.2 Å². The van der Waals surface area contributed by atoms with E-state index in [1.165, 1.54) is 5.56 Å². The molecule has 1 heterocycles. The summed E-state index contributed by atoms with van der Waals surface area (Å²) in [7, 11) is 5.60. The molecule has 0 saturated carbocycles. The number of nitrogens with zero attached hydrogens (tertiary/aromatic N) is 2. The van der Waals surface area contributed by atoms with Crippen LogP contribution in [-0.2, 0) is 6.42 Å². The number of anilines is 1. The SMILES string of the molecule is COc1ccc(CCNc2ccnc(C(=O)NCCN(C)C)c2)cc1. The van der Waals surface area contributed by atoms with E-state index in [1.807, 2.05) is 37.2 Å². The predicted molar refractivity (Wildman–Crippen MR) is 100 cm³/mol. The zero-order chi connectivity index (χ0) is 18.1. The zero-order valence-electron chi connectivity index (χ0n) is 15.1. The van der Waals surface area contributed by atoms with Gasteiger partial charge in [-0.25, -0.2) is 0 Å². The summed E-state index contributed by atoms with van der Waals surface area (Å²) in [4.78, 5) is 18.3. The van der Waals surface area contributed by atoms with Crippen LogP contribution in [0.1, 0.15) is 16.1 Å². The molecule has 1 aromatic heterocycles. The quantitative estimate of drug-likeness (QED) is 0.730. The molecule has 134 valence electrons.